The van der Waals surface area contributed by atoms with Gasteiger partial charge in [0.05, 0.1) is 11.9 Å². The molecule has 0 spiro atoms. The van der Waals surface area contributed by atoms with E-state index >= 15 is 0 Å². The zero-order valence-electron chi connectivity index (χ0n) is 20.6. The molecule has 2 aliphatic heterocycles. The highest BCUT2D eigenvalue weighted by Gasteiger charge is 2.37. The lowest BCUT2D eigenvalue weighted by molar-refractivity contribution is -0.126. The number of pyridine rings is 1. The largest absolute Gasteiger partial charge is 0.404 e. The number of hydrogen-bond donors (Lipinski definition) is 2. The third kappa shape index (κ3) is 5.11. The van der Waals surface area contributed by atoms with Crippen molar-refractivity contribution in [3.05, 3.63) is 54.3 Å². The van der Waals surface area contributed by atoms with E-state index in [9.17, 15) is 4.79 Å². The molecule has 4 rings (SSSR count). The molecule has 0 unspecified atom stereocenters. The van der Waals surface area contributed by atoms with Crippen LogP contribution in [-0.4, -0.2) is 59.8 Å². The van der Waals surface area contributed by atoms with Crippen LogP contribution in [-0.2, 0) is 4.79 Å². The Morgan fingerprint density at radius 2 is 1.94 bits per heavy atom. The molecule has 182 valence electrons. The van der Waals surface area contributed by atoms with Crippen molar-refractivity contribution in [2.24, 2.45) is 16.6 Å². The van der Waals surface area contributed by atoms with Gasteiger partial charge in [0.1, 0.15) is 23.2 Å². The molecule has 1 aromatic rings. The average Bonchev–Trinajstić information content (AvgIpc) is 3.47. The molecule has 0 aromatic carbocycles. The molecule has 3 heterocycles. The maximum absolute atomic E-state index is 12.9. The Morgan fingerprint density at radius 3 is 2.53 bits per heavy atom. The molecule has 3 aliphatic rings. The number of nitrogens with two attached hydrogens (primary N) is 1. The number of nitrogens with one attached hydrogen (secondary N) is 1. The molecule has 1 amide bonds. The fraction of sp³-hybridized carbons (Fsp3) is 0.500. The number of piperidine rings is 1. The maximum atomic E-state index is 12.9. The number of carbonyl (C=O) groups is 1. The van der Waals surface area contributed by atoms with E-state index in [4.69, 9.17) is 10.7 Å². The van der Waals surface area contributed by atoms with Crippen molar-refractivity contribution in [2.45, 2.75) is 51.5 Å². The third-order valence-electron chi connectivity index (χ3n) is 6.94. The Kier molecular flexibility index (Phi) is 7.24. The van der Waals surface area contributed by atoms with E-state index in [0.29, 0.717) is 23.2 Å². The number of aromatic nitrogens is 1. The molecule has 8 heteroatoms. The van der Waals surface area contributed by atoms with Gasteiger partial charge in [-0.2, -0.15) is 0 Å². The van der Waals surface area contributed by atoms with Gasteiger partial charge in [-0.15, -0.1) is 0 Å². The molecule has 1 aliphatic carbocycles. The van der Waals surface area contributed by atoms with E-state index in [2.05, 4.69) is 39.7 Å². The lowest BCUT2D eigenvalue weighted by atomic mass is 9.99. The molecule has 3 N–H and O–H groups in total. The highest BCUT2D eigenvalue weighted by molar-refractivity contribution is 6.12. The first-order valence-corrected chi connectivity index (χ1v) is 12.3. The molecule has 1 saturated carbocycles. The smallest absolute Gasteiger partial charge is 0.270 e. The van der Waals surface area contributed by atoms with Gasteiger partial charge in [0.15, 0.2) is 0 Å². The van der Waals surface area contributed by atoms with Crippen molar-refractivity contribution in [2.75, 3.05) is 37.4 Å². The summed E-state index contributed by atoms with van der Waals surface area (Å²) in [5.41, 5.74) is 8.42. The number of carbonyl (C=O) groups excluding carboxylic acids is 1. The van der Waals surface area contributed by atoms with Gasteiger partial charge in [-0.3, -0.25) is 4.79 Å². The van der Waals surface area contributed by atoms with Crippen LogP contribution in [0, 0.1) is 5.92 Å². The number of likely N-dealkylation sites (N-methyl/N-ethyl adjacent to an activating group) is 1. The highest BCUT2D eigenvalue weighted by Crippen LogP contribution is 2.34. The van der Waals surface area contributed by atoms with Crippen molar-refractivity contribution in [3.8, 4) is 0 Å². The minimum absolute atomic E-state index is 0.0561. The number of amides is 1. The first-order valence-electron chi connectivity index (χ1n) is 12.3. The number of aliphatic imine (C=N–C) groups is 1. The van der Waals surface area contributed by atoms with Crippen molar-refractivity contribution in [3.63, 3.8) is 0 Å². The van der Waals surface area contributed by atoms with E-state index in [1.807, 2.05) is 18.3 Å². The molecule has 0 bridgehead atoms. The second-order valence-electron chi connectivity index (χ2n) is 9.74. The first-order chi connectivity index (χ1) is 16.4. The van der Waals surface area contributed by atoms with Crippen molar-refractivity contribution >= 4 is 23.2 Å². The van der Waals surface area contributed by atoms with Crippen LogP contribution in [0.25, 0.3) is 0 Å². The monoisotopic (exact) mass is 463 g/mol. The SMILES string of the molecule is C=C(/N=C1\C(=C/N)C=C(C(=O)N(C)C)N1C1CCCC1)Nc1ccc(N2CCC(C)CC2)cn1. The summed E-state index contributed by atoms with van der Waals surface area (Å²) >= 11 is 0. The molecule has 2 fully saturated rings. The Bertz CT molecular complexity index is 994. The van der Waals surface area contributed by atoms with Crippen molar-refractivity contribution < 1.29 is 4.79 Å². The Balaban J connectivity index is 1.51. The standard InChI is InChI=1S/C26H37N7O/c1-18-11-13-32(14-12-18)22-9-10-24(28-17-22)29-19(2)30-25-20(16-27)15-23(26(34)31(3)4)33(25)21-7-5-6-8-21/h9-10,15-18,21H,2,5-8,11-14,27H2,1,3-4H3,(H,28,29)/b20-16-,30-25+. The molecule has 0 radical (unpaired) electrons. The summed E-state index contributed by atoms with van der Waals surface area (Å²) in [5.74, 6) is 2.54. The van der Waals surface area contributed by atoms with Gasteiger partial charge < -0.3 is 25.8 Å². The number of nitrogens with zero attached hydrogens (tertiary/aromatic N) is 5. The molecular formula is C26H37N7O. The normalized spacial score (nSPS) is 21.9. The van der Waals surface area contributed by atoms with Crippen LogP contribution < -0.4 is 16.0 Å². The lowest BCUT2D eigenvalue weighted by Gasteiger charge is -2.31. The minimum Gasteiger partial charge on any atom is -0.404 e. The number of amidine groups is 1. The van der Waals surface area contributed by atoms with Gasteiger partial charge in [0.25, 0.3) is 5.91 Å². The van der Waals surface area contributed by atoms with Gasteiger partial charge in [0.2, 0.25) is 0 Å². The van der Waals surface area contributed by atoms with Crippen molar-refractivity contribution in [1.82, 2.24) is 14.8 Å². The summed E-state index contributed by atoms with van der Waals surface area (Å²) in [6.07, 6.45) is 12.0. The minimum atomic E-state index is -0.0561. The van der Waals surface area contributed by atoms with E-state index in [1.165, 1.54) is 19.0 Å². The van der Waals surface area contributed by atoms with Crippen LogP contribution in [0.3, 0.4) is 0 Å². The zero-order valence-corrected chi connectivity index (χ0v) is 20.6. The fourth-order valence-electron chi connectivity index (χ4n) is 4.92. The topological polar surface area (TPSA) is 90.1 Å². The first kappa shape index (κ1) is 23.9. The Hall–Kier alpha value is -3.29. The molecule has 0 atom stereocenters. The fourth-order valence-corrected chi connectivity index (χ4v) is 4.92. The van der Waals surface area contributed by atoms with Crippen LogP contribution in [0.4, 0.5) is 11.5 Å². The van der Waals surface area contributed by atoms with Gasteiger partial charge in [-0.05, 0) is 49.8 Å². The third-order valence-corrected chi connectivity index (χ3v) is 6.94. The summed E-state index contributed by atoms with van der Waals surface area (Å²) in [7, 11) is 3.52. The van der Waals surface area contributed by atoms with Gasteiger partial charge in [0, 0.05) is 45.0 Å². The zero-order chi connectivity index (χ0) is 24.2. The summed E-state index contributed by atoms with van der Waals surface area (Å²) < 4.78 is 0. The second kappa shape index (κ2) is 10.3. The summed E-state index contributed by atoms with van der Waals surface area (Å²) in [5, 5.41) is 3.20. The Morgan fingerprint density at radius 1 is 1.24 bits per heavy atom. The quantitative estimate of drug-likeness (QED) is 0.669. The van der Waals surface area contributed by atoms with Crippen LogP contribution in [0.15, 0.2) is 59.3 Å². The molecule has 8 nitrogen and oxygen atoms in total. The van der Waals surface area contributed by atoms with Crippen LogP contribution in [0.2, 0.25) is 0 Å². The van der Waals surface area contributed by atoms with Crippen LogP contribution in [0.5, 0.6) is 0 Å². The lowest BCUT2D eigenvalue weighted by Crippen LogP contribution is -2.40. The number of anilines is 2. The molecule has 34 heavy (non-hydrogen) atoms. The van der Waals surface area contributed by atoms with Gasteiger partial charge >= 0.3 is 0 Å². The highest BCUT2D eigenvalue weighted by atomic mass is 16.2. The summed E-state index contributed by atoms with van der Waals surface area (Å²) in [4.78, 5) is 28.3. The second-order valence-corrected chi connectivity index (χ2v) is 9.74. The van der Waals surface area contributed by atoms with E-state index in [0.717, 1.165) is 56.0 Å². The predicted molar refractivity (Wildman–Crippen MR) is 138 cm³/mol. The molecular weight excluding hydrogens is 426 g/mol. The van der Waals surface area contributed by atoms with Gasteiger partial charge in [-0.1, -0.05) is 26.3 Å². The van der Waals surface area contributed by atoms with E-state index in [-0.39, 0.29) is 11.9 Å². The van der Waals surface area contributed by atoms with E-state index < -0.39 is 0 Å². The summed E-state index contributed by atoms with van der Waals surface area (Å²) in [6.45, 7) is 8.56. The molecule has 1 aromatic heterocycles. The summed E-state index contributed by atoms with van der Waals surface area (Å²) in [6, 6.07) is 4.28. The van der Waals surface area contributed by atoms with E-state index in [1.54, 1.807) is 19.0 Å². The van der Waals surface area contributed by atoms with Crippen LogP contribution >= 0.6 is 0 Å². The molecule has 1 saturated heterocycles. The van der Waals surface area contributed by atoms with Crippen molar-refractivity contribution in [1.29, 1.82) is 0 Å². The van der Waals surface area contributed by atoms with Gasteiger partial charge in [-0.25, -0.2) is 9.98 Å². The predicted octanol–water partition coefficient (Wildman–Crippen LogP) is 3.67. The maximum Gasteiger partial charge on any atom is 0.270 e. The Labute approximate surface area is 202 Å². The average molecular weight is 464 g/mol. The number of hydrogen-bond acceptors (Lipinski definition) is 6. The van der Waals surface area contributed by atoms with Crippen LogP contribution in [0.1, 0.15) is 45.4 Å². The number of rotatable bonds is 6.